The molecular formula is C7H5ClN2O6S. The predicted molar refractivity (Wildman–Crippen MR) is 59.2 cm³/mol. The highest BCUT2D eigenvalue weighted by molar-refractivity contribution is 7.78. The monoisotopic (exact) mass is 280 g/mol. The van der Waals surface area contributed by atoms with Crippen molar-refractivity contribution in [1.82, 2.24) is 0 Å². The van der Waals surface area contributed by atoms with Crippen LogP contribution in [-0.2, 0) is 16.8 Å². The molecule has 0 fully saturated rings. The van der Waals surface area contributed by atoms with Crippen LogP contribution < -0.4 is 0 Å². The number of benzene rings is 1. The standard InChI is InChI=1S/C7H5ClN2O6S/c8-7-5(9(11)12)1-4(3-17(15)16)2-6(7)10(13)14/h1-2H,3H2,(H,15,16). The van der Waals surface area contributed by atoms with E-state index in [0.717, 1.165) is 12.1 Å². The molecule has 0 spiro atoms. The van der Waals surface area contributed by atoms with Crippen LogP contribution in [0.2, 0.25) is 5.02 Å². The topological polar surface area (TPSA) is 124 Å². The van der Waals surface area contributed by atoms with Gasteiger partial charge in [0.1, 0.15) is 0 Å². The second kappa shape index (κ2) is 5.17. The van der Waals surface area contributed by atoms with Gasteiger partial charge in [-0.05, 0) is 5.56 Å². The van der Waals surface area contributed by atoms with Crippen molar-refractivity contribution in [2.75, 3.05) is 0 Å². The molecule has 0 heterocycles. The van der Waals surface area contributed by atoms with Crippen molar-refractivity contribution in [3.63, 3.8) is 0 Å². The summed E-state index contributed by atoms with van der Waals surface area (Å²) in [6, 6.07) is 1.87. The van der Waals surface area contributed by atoms with Crippen molar-refractivity contribution in [2.24, 2.45) is 0 Å². The van der Waals surface area contributed by atoms with E-state index in [1.165, 1.54) is 0 Å². The Morgan fingerprint density at radius 3 is 1.94 bits per heavy atom. The van der Waals surface area contributed by atoms with Crippen molar-refractivity contribution >= 4 is 34.1 Å². The molecule has 10 heteroatoms. The maximum atomic E-state index is 10.6. The Morgan fingerprint density at radius 1 is 1.24 bits per heavy atom. The van der Waals surface area contributed by atoms with E-state index in [1.807, 2.05) is 0 Å². The summed E-state index contributed by atoms with van der Waals surface area (Å²) in [5.41, 5.74) is -1.34. The molecule has 1 aromatic rings. The van der Waals surface area contributed by atoms with Crippen molar-refractivity contribution < 1.29 is 18.6 Å². The summed E-state index contributed by atoms with van der Waals surface area (Å²) >= 11 is 3.23. The van der Waals surface area contributed by atoms with E-state index in [1.54, 1.807) is 0 Å². The third-order valence-electron chi connectivity index (χ3n) is 1.78. The van der Waals surface area contributed by atoms with Crippen molar-refractivity contribution in [3.05, 3.63) is 42.9 Å². The lowest BCUT2D eigenvalue weighted by atomic mass is 10.2. The third kappa shape index (κ3) is 3.19. The summed E-state index contributed by atoms with van der Waals surface area (Å²) in [5.74, 6) is -0.446. The number of nitro benzene ring substituents is 2. The van der Waals surface area contributed by atoms with Gasteiger partial charge in [0.2, 0.25) is 0 Å². The smallest absolute Gasteiger partial charge is 0.295 e. The highest BCUT2D eigenvalue weighted by Gasteiger charge is 2.25. The number of halogens is 1. The first-order valence-electron chi connectivity index (χ1n) is 4.01. The average Bonchev–Trinajstić information content (AvgIpc) is 2.18. The molecule has 0 aliphatic carbocycles. The molecular weight excluding hydrogens is 276 g/mol. The molecule has 92 valence electrons. The van der Waals surface area contributed by atoms with E-state index in [0.29, 0.717) is 0 Å². The first-order valence-corrected chi connectivity index (χ1v) is 5.67. The van der Waals surface area contributed by atoms with Gasteiger partial charge in [-0.1, -0.05) is 11.6 Å². The maximum Gasteiger partial charge on any atom is 0.295 e. The second-order valence-corrected chi connectivity index (χ2v) is 4.24. The highest BCUT2D eigenvalue weighted by atomic mass is 35.5. The highest BCUT2D eigenvalue weighted by Crippen LogP contribution is 2.35. The molecule has 1 N–H and O–H groups in total. The van der Waals surface area contributed by atoms with Crippen LogP contribution in [0, 0.1) is 20.2 Å². The van der Waals surface area contributed by atoms with Gasteiger partial charge in [-0.25, -0.2) is 4.21 Å². The van der Waals surface area contributed by atoms with Crippen molar-refractivity contribution in [2.45, 2.75) is 5.75 Å². The SMILES string of the molecule is O=[N+]([O-])c1cc(CS(=O)O)cc([N+](=O)[O-])c1Cl. The average molecular weight is 281 g/mol. The number of rotatable bonds is 4. The van der Waals surface area contributed by atoms with Gasteiger partial charge < -0.3 is 4.55 Å². The quantitative estimate of drug-likeness (QED) is 0.510. The first kappa shape index (κ1) is 13.5. The molecule has 0 bridgehead atoms. The summed E-state index contributed by atoms with van der Waals surface area (Å²) in [6.45, 7) is 0. The van der Waals surface area contributed by atoms with E-state index in [-0.39, 0.29) is 5.56 Å². The third-order valence-corrected chi connectivity index (χ3v) is 2.75. The van der Waals surface area contributed by atoms with Gasteiger partial charge in [0.25, 0.3) is 11.4 Å². The molecule has 17 heavy (non-hydrogen) atoms. The Balaban J connectivity index is 3.41. The minimum atomic E-state index is -2.25. The summed E-state index contributed by atoms with van der Waals surface area (Å²) in [5, 5.41) is 20.6. The van der Waals surface area contributed by atoms with Crippen LogP contribution in [0.5, 0.6) is 0 Å². The minimum absolute atomic E-state index is 0.00590. The molecule has 0 aliphatic heterocycles. The fourth-order valence-corrected chi connectivity index (χ4v) is 1.84. The summed E-state index contributed by atoms with van der Waals surface area (Å²) < 4.78 is 19.2. The Kier molecular flexibility index (Phi) is 4.10. The van der Waals surface area contributed by atoms with Crippen LogP contribution in [0.3, 0.4) is 0 Å². The van der Waals surface area contributed by atoms with Crippen LogP contribution in [-0.4, -0.2) is 18.6 Å². The second-order valence-electron chi connectivity index (χ2n) is 2.93. The van der Waals surface area contributed by atoms with Gasteiger partial charge in [-0.15, -0.1) is 0 Å². The fourth-order valence-electron chi connectivity index (χ4n) is 1.14. The molecule has 0 aliphatic rings. The molecule has 0 radical (unpaired) electrons. The van der Waals surface area contributed by atoms with Crippen molar-refractivity contribution in [3.8, 4) is 0 Å². The Morgan fingerprint density at radius 2 is 1.65 bits per heavy atom. The lowest BCUT2D eigenvalue weighted by Gasteiger charge is -2.01. The Bertz CT molecular complexity index is 484. The lowest BCUT2D eigenvalue weighted by Crippen LogP contribution is -2.00. The van der Waals surface area contributed by atoms with Gasteiger partial charge in [0, 0.05) is 12.1 Å². The summed E-state index contributed by atoms with van der Waals surface area (Å²) in [6.07, 6.45) is 0. The fraction of sp³-hybridized carbons (Fsp3) is 0.143. The first-order chi connectivity index (χ1) is 7.82. The number of hydrogen-bond donors (Lipinski definition) is 1. The number of hydrogen-bond acceptors (Lipinski definition) is 5. The summed E-state index contributed by atoms with van der Waals surface area (Å²) in [4.78, 5) is 19.4. The zero-order valence-corrected chi connectivity index (χ0v) is 9.60. The predicted octanol–water partition coefficient (Wildman–Crippen LogP) is 1.88. The van der Waals surface area contributed by atoms with E-state index in [2.05, 4.69) is 0 Å². The van der Waals surface area contributed by atoms with Crippen LogP contribution in [0.4, 0.5) is 11.4 Å². The van der Waals surface area contributed by atoms with E-state index >= 15 is 0 Å². The van der Waals surface area contributed by atoms with Crippen LogP contribution in [0.1, 0.15) is 5.56 Å². The van der Waals surface area contributed by atoms with Gasteiger partial charge in [-0.2, -0.15) is 0 Å². The molecule has 1 unspecified atom stereocenters. The zero-order chi connectivity index (χ0) is 13.2. The lowest BCUT2D eigenvalue weighted by molar-refractivity contribution is -0.394. The van der Waals surface area contributed by atoms with Gasteiger partial charge >= 0.3 is 0 Å². The largest absolute Gasteiger partial charge is 0.306 e. The van der Waals surface area contributed by atoms with Crippen LogP contribution in [0.15, 0.2) is 12.1 Å². The van der Waals surface area contributed by atoms with Crippen molar-refractivity contribution in [1.29, 1.82) is 0 Å². The number of nitro groups is 2. The molecule has 0 amide bonds. The molecule has 8 nitrogen and oxygen atoms in total. The van der Waals surface area contributed by atoms with Crippen LogP contribution >= 0.6 is 11.6 Å². The van der Waals surface area contributed by atoms with Gasteiger partial charge in [0.15, 0.2) is 16.1 Å². The molecule has 0 saturated carbocycles. The Labute approximate surface area is 102 Å². The van der Waals surface area contributed by atoms with Crippen LogP contribution in [0.25, 0.3) is 0 Å². The zero-order valence-electron chi connectivity index (χ0n) is 8.03. The molecule has 0 saturated heterocycles. The Hall–Kier alpha value is -1.58. The molecule has 0 aromatic heterocycles. The van der Waals surface area contributed by atoms with Gasteiger partial charge in [0.05, 0.1) is 15.6 Å². The summed E-state index contributed by atoms with van der Waals surface area (Å²) in [7, 11) is 0. The molecule has 1 rings (SSSR count). The van der Waals surface area contributed by atoms with Gasteiger partial charge in [-0.3, -0.25) is 20.2 Å². The van der Waals surface area contributed by atoms with E-state index in [9.17, 15) is 24.4 Å². The maximum absolute atomic E-state index is 10.6. The van der Waals surface area contributed by atoms with E-state index in [4.69, 9.17) is 16.2 Å². The minimum Gasteiger partial charge on any atom is -0.306 e. The molecule has 1 atom stereocenters. The molecule has 1 aromatic carbocycles. The number of nitrogens with zero attached hydrogens (tertiary/aromatic N) is 2. The normalized spacial score (nSPS) is 12.1. The van der Waals surface area contributed by atoms with E-state index < -0.39 is 43.1 Å².